The van der Waals surface area contributed by atoms with Crippen LogP contribution in [0.5, 0.6) is 0 Å². The average Bonchev–Trinajstić information content (AvgIpc) is 2.99. The van der Waals surface area contributed by atoms with Crippen molar-refractivity contribution >= 4 is 22.4 Å². The molecule has 0 amide bonds. The molecule has 0 heteroatoms. The summed E-state index contributed by atoms with van der Waals surface area (Å²) in [6.45, 7) is 0. The standard InChI is InChI=1S/C29H22/c1-2-7-20(8-3-1)23-16-17-26-24(19-23)14-13-22-10-6-12-27-25-11-5-4-9-21(25)15-18-28(27)29(22)26/h1-9,11-12,15-19H,10,13-14H2. The maximum atomic E-state index is 2.41. The van der Waals surface area contributed by atoms with Gasteiger partial charge >= 0.3 is 0 Å². The average molecular weight is 370 g/mol. The highest BCUT2D eigenvalue weighted by atomic mass is 14.3. The molecule has 29 heavy (non-hydrogen) atoms. The van der Waals surface area contributed by atoms with Gasteiger partial charge in [0, 0.05) is 0 Å². The molecule has 2 aliphatic carbocycles. The van der Waals surface area contributed by atoms with E-state index in [1.54, 1.807) is 5.57 Å². The van der Waals surface area contributed by atoms with Gasteiger partial charge in [-0.3, -0.25) is 0 Å². The Kier molecular flexibility index (Phi) is 3.77. The molecule has 0 nitrogen and oxygen atoms in total. The van der Waals surface area contributed by atoms with Gasteiger partial charge < -0.3 is 0 Å². The minimum atomic E-state index is 1.05. The van der Waals surface area contributed by atoms with Crippen LogP contribution in [0.1, 0.15) is 35.1 Å². The summed E-state index contributed by atoms with van der Waals surface area (Å²) in [5.41, 5.74) is 11.3. The predicted octanol–water partition coefficient (Wildman–Crippen LogP) is 7.67. The van der Waals surface area contributed by atoms with Crippen molar-refractivity contribution in [1.29, 1.82) is 0 Å². The fourth-order valence-corrected chi connectivity index (χ4v) is 5.01. The summed E-state index contributed by atoms with van der Waals surface area (Å²) in [4.78, 5) is 0. The Morgan fingerprint density at radius 2 is 1.45 bits per heavy atom. The van der Waals surface area contributed by atoms with E-state index in [2.05, 4.69) is 97.1 Å². The highest BCUT2D eigenvalue weighted by Crippen LogP contribution is 2.43. The molecule has 0 saturated carbocycles. The molecule has 0 aliphatic heterocycles. The minimum Gasteiger partial charge on any atom is -0.0798 e. The summed E-state index contributed by atoms with van der Waals surface area (Å²) in [5, 5.41) is 2.67. The van der Waals surface area contributed by atoms with E-state index in [-0.39, 0.29) is 0 Å². The lowest BCUT2D eigenvalue weighted by molar-refractivity contribution is 0.893. The molecular formula is C29H22. The first-order chi connectivity index (χ1) is 14.4. The second-order valence-electron chi connectivity index (χ2n) is 8.07. The molecule has 0 heterocycles. The lowest BCUT2D eigenvalue weighted by Crippen LogP contribution is -2.07. The third-order valence-corrected chi connectivity index (χ3v) is 6.42. The molecule has 0 atom stereocenters. The predicted molar refractivity (Wildman–Crippen MR) is 124 cm³/mol. The van der Waals surface area contributed by atoms with Crippen molar-refractivity contribution in [3.8, 4) is 11.1 Å². The Balaban J connectivity index is 1.56. The fourth-order valence-electron chi connectivity index (χ4n) is 5.01. The van der Waals surface area contributed by atoms with Crippen LogP contribution in [-0.2, 0) is 6.42 Å². The Morgan fingerprint density at radius 3 is 2.38 bits per heavy atom. The van der Waals surface area contributed by atoms with E-state index in [9.17, 15) is 0 Å². The van der Waals surface area contributed by atoms with Crippen LogP contribution < -0.4 is 0 Å². The van der Waals surface area contributed by atoms with E-state index in [4.69, 9.17) is 0 Å². The second kappa shape index (κ2) is 6.60. The molecule has 4 aromatic rings. The summed E-state index contributed by atoms with van der Waals surface area (Å²) >= 11 is 0. The molecule has 0 fully saturated rings. The van der Waals surface area contributed by atoms with Gasteiger partial charge in [0.1, 0.15) is 0 Å². The highest BCUT2D eigenvalue weighted by molar-refractivity contribution is 6.00. The van der Waals surface area contributed by atoms with Crippen molar-refractivity contribution in [2.45, 2.75) is 19.3 Å². The quantitative estimate of drug-likeness (QED) is 0.322. The molecule has 0 unspecified atom stereocenters. The Morgan fingerprint density at radius 1 is 0.621 bits per heavy atom. The van der Waals surface area contributed by atoms with Gasteiger partial charge in [-0.25, -0.2) is 0 Å². The van der Waals surface area contributed by atoms with Crippen LogP contribution in [-0.4, -0.2) is 0 Å². The number of hydrogen-bond acceptors (Lipinski definition) is 0. The molecule has 0 bridgehead atoms. The zero-order chi connectivity index (χ0) is 19.2. The smallest absolute Gasteiger partial charge is 0.00993 e. The zero-order valence-corrected chi connectivity index (χ0v) is 16.4. The summed E-state index contributed by atoms with van der Waals surface area (Å²) in [6, 6.07) is 31.1. The first-order valence-electron chi connectivity index (χ1n) is 10.5. The largest absolute Gasteiger partial charge is 0.0798 e. The lowest BCUT2D eigenvalue weighted by atomic mass is 9.79. The van der Waals surface area contributed by atoms with Crippen LogP contribution in [0.4, 0.5) is 0 Å². The lowest BCUT2D eigenvalue weighted by Gasteiger charge is -2.25. The van der Waals surface area contributed by atoms with E-state index in [1.807, 2.05) is 0 Å². The second-order valence-corrected chi connectivity index (χ2v) is 8.07. The van der Waals surface area contributed by atoms with Gasteiger partial charge in [0.05, 0.1) is 0 Å². The number of fused-ring (bicyclic) bond motifs is 6. The van der Waals surface area contributed by atoms with Gasteiger partial charge in [0.2, 0.25) is 0 Å². The molecule has 6 rings (SSSR count). The first kappa shape index (κ1) is 16.6. The van der Waals surface area contributed by atoms with Crippen molar-refractivity contribution < 1.29 is 0 Å². The summed E-state index contributed by atoms with van der Waals surface area (Å²) in [7, 11) is 0. The van der Waals surface area contributed by atoms with E-state index < -0.39 is 0 Å². The van der Waals surface area contributed by atoms with Gasteiger partial charge in [-0.2, -0.15) is 0 Å². The maximum absolute atomic E-state index is 2.41. The van der Waals surface area contributed by atoms with Gasteiger partial charge in [-0.15, -0.1) is 0 Å². The monoisotopic (exact) mass is 370 g/mol. The zero-order valence-electron chi connectivity index (χ0n) is 16.4. The van der Waals surface area contributed by atoms with Crippen molar-refractivity contribution in [2.75, 3.05) is 0 Å². The molecule has 0 spiro atoms. The van der Waals surface area contributed by atoms with Crippen LogP contribution in [0, 0.1) is 0 Å². The van der Waals surface area contributed by atoms with Crippen LogP contribution >= 0.6 is 0 Å². The molecule has 0 N–H and O–H groups in total. The van der Waals surface area contributed by atoms with Crippen LogP contribution in [0.25, 0.3) is 33.5 Å². The number of hydrogen-bond donors (Lipinski definition) is 0. The molecule has 2 aliphatic rings. The SMILES string of the molecule is C1=Cc2c(ccc3ccccc23)C2=C(C1)CCc1cc(-c3ccccc3)ccc12. The molecule has 0 aromatic heterocycles. The third kappa shape index (κ3) is 2.68. The van der Waals surface area contributed by atoms with Crippen molar-refractivity contribution in [3.05, 3.63) is 119 Å². The summed E-state index contributed by atoms with van der Waals surface area (Å²) in [5.74, 6) is 0. The van der Waals surface area contributed by atoms with Gasteiger partial charge in [0.15, 0.2) is 0 Å². The summed E-state index contributed by atoms with van der Waals surface area (Å²) < 4.78 is 0. The molecule has 0 radical (unpaired) electrons. The van der Waals surface area contributed by atoms with E-state index in [1.165, 1.54) is 49.7 Å². The molecule has 0 saturated heterocycles. The van der Waals surface area contributed by atoms with Crippen LogP contribution in [0.3, 0.4) is 0 Å². The van der Waals surface area contributed by atoms with Gasteiger partial charge in [0.25, 0.3) is 0 Å². The van der Waals surface area contributed by atoms with Gasteiger partial charge in [-0.05, 0) is 69.0 Å². The van der Waals surface area contributed by atoms with Crippen molar-refractivity contribution in [1.82, 2.24) is 0 Å². The Bertz CT molecular complexity index is 1300. The molecule has 4 aromatic carbocycles. The number of benzene rings is 4. The first-order valence-corrected chi connectivity index (χ1v) is 10.5. The van der Waals surface area contributed by atoms with E-state index in [0.29, 0.717) is 0 Å². The maximum Gasteiger partial charge on any atom is -0.00993 e. The highest BCUT2D eigenvalue weighted by Gasteiger charge is 2.23. The van der Waals surface area contributed by atoms with E-state index >= 15 is 0 Å². The number of rotatable bonds is 1. The Labute approximate surface area is 171 Å². The third-order valence-electron chi connectivity index (χ3n) is 6.42. The van der Waals surface area contributed by atoms with Crippen LogP contribution in [0.15, 0.2) is 96.6 Å². The summed E-state index contributed by atoms with van der Waals surface area (Å²) in [6.07, 6.45) is 8.03. The molecule has 138 valence electrons. The van der Waals surface area contributed by atoms with Crippen LogP contribution in [0.2, 0.25) is 0 Å². The van der Waals surface area contributed by atoms with Crippen molar-refractivity contribution in [3.63, 3.8) is 0 Å². The van der Waals surface area contributed by atoms with E-state index in [0.717, 1.165) is 19.3 Å². The fraction of sp³-hybridized carbons (Fsp3) is 0.103. The Hall–Kier alpha value is -3.38. The number of allylic oxidation sites excluding steroid dienone is 2. The normalized spacial score (nSPS) is 14.9. The molecular weight excluding hydrogens is 348 g/mol. The minimum absolute atomic E-state index is 1.05. The number of aryl methyl sites for hydroxylation is 1. The van der Waals surface area contributed by atoms with Gasteiger partial charge in [-0.1, -0.05) is 103 Å². The van der Waals surface area contributed by atoms with Crippen molar-refractivity contribution in [2.24, 2.45) is 0 Å². The topological polar surface area (TPSA) is 0 Å².